The summed E-state index contributed by atoms with van der Waals surface area (Å²) in [6.45, 7) is 2.01. The summed E-state index contributed by atoms with van der Waals surface area (Å²) in [5, 5.41) is 11.1. The minimum Gasteiger partial charge on any atom is -0.492 e. The summed E-state index contributed by atoms with van der Waals surface area (Å²) in [6.07, 6.45) is 1.51. The van der Waals surface area contributed by atoms with Crippen molar-refractivity contribution >= 4 is 46.3 Å². The van der Waals surface area contributed by atoms with Crippen molar-refractivity contribution in [3.05, 3.63) is 86.0 Å². The molecule has 10 heteroatoms. The van der Waals surface area contributed by atoms with Crippen LogP contribution in [0.4, 0.5) is 10.5 Å². The Morgan fingerprint density at radius 3 is 2.61 bits per heavy atom. The fourth-order valence-electron chi connectivity index (χ4n) is 3.22. The van der Waals surface area contributed by atoms with Gasteiger partial charge in [-0.1, -0.05) is 11.6 Å². The van der Waals surface area contributed by atoms with Gasteiger partial charge in [0.15, 0.2) is 0 Å². The van der Waals surface area contributed by atoms with E-state index < -0.39 is 10.8 Å². The molecule has 0 saturated carbocycles. The first-order chi connectivity index (χ1) is 15.8. The van der Waals surface area contributed by atoms with E-state index in [1.165, 1.54) is 18.2 Å². The van der Waals surface area contributed by atoms with Gasteiger partial charge in [0, 0.05) is 28.8 Å². The van der Waals surface area contributed by atoms with Crippen LogP contribution in [0.15, 0.2) is 63.9 Å². The summed E-state index contributed by atoms with van der Waals surface area (Å²) >= 11 is 6.67. The molecule has 0 aliphatic carbocycles. The molecule has 1 aromatic heterocycles. The van der Waals surface area contributed by atoms with Crippen LogP contribution in [0.1, 0.15) is 11.3 Å². The number of non-ortho nitro benzene ring substituents is 1. The van der Waals surface area contributed by atoms with Crippen molar-refractivity contribution in [3.63, 3.8) is 0 Å². The van der Waals surface area contributed by atoms with E-state index in [-0.39, 0.29) is 29.0 Å². The third kappa shape index (κ3) is 5.10. The zero-order valence-corrected chi connectivity index (χ0v) is 18.9. The molecule has 0 radical (unpaired) electrons. The van der Waals surface area contributed by atoms with E-state index in [0.717, 1.165) is 16.7 Å². The SMILES string of the molecule is Cc1cc([N+](=O)[O-])ccc1-c1ccc(/C=C2\SC(=O)N(CCOc3ccc(Cl)cc3)C2=O)o1. The molecule has 1 aliphatic heterocycles. The Bertz CT molecular complexity index is 1270. The van der Waals surface area contributed by atoms with Gasteiger partial charge in [0.25, 0.3) is 16.8 Å². The van der Waals surface area contributed by atoms with E-state index in [0.29, 0.717) is 33.4 Å². The van der Waals surface area contributed by atoms with Crippen LogP contribution >= 0.6 is 23.4 Å². The lowest BCUT2D eigenvalue weighted by molar-refractivity contribution is -0.384. The van der Waals surface area contributed by atoms with Gasteiger partial charge in [-0.05, 0) is 66.7 Å². The van der Waals surface area contributed by atoms with Crippen LogP contribution in [0.25, 0.3) is 17.4 Å². The van der Waals surface area contributed by atoms with Crippen LogP contribution < -0.4 is 4.74 Å². The lowest BCUT2D eigenvalue weighted by Crippen LogP contribution is -2.32. The molecule has 0 unspecified atom stereocenters. The smallest absolute Gasteiger partial charge is 0.293 e. The summed E-state index contributed by atoms with van der Waals surface area (Å²) in [7, 11) is 0. The van der Waals surface area contributed by atoms with E-state index in [2.05, 4.69) is 0 Å². The molecular formula is C23H17ClN2O6S. The Morgan fingerprint density at radius 2 is 1.91 bits per heavy atom. The largest absolute Gasteiger partial charge is 0.492 e. The van der Waals surface area contributed by atoms with Gasteiger partial charge in [-0.3, -0.25) is 24.6 Å². The standard InChI is InChI=1S/C23H17ClN2O6S/c1-14-12-16(26(29)30)4-8-19(14)20-9-7-18(32-20)13-21-22(27)25(23(28)33-21)10-11-31-17-5-2-15(24)3-6-17/h2-9,12-13H,10-11H2,1H3/b21-13-. The number of aryl methyl sites for hydroxylation is 1. The molecule has 2 amide bonds. The molecule has 0 spiro atoms. The number of carbonyl (C=O) groups is 2. The third-order valence-corrected chi connectivity index (χ3v) is 6.02. The molecule has 1 saturated heterocycles. The number of benzene rings is 2. The number of thioether (sulfide) groups is 1. The third-order valence-electron chi connectivity index (χ3n) is 4.86. The fraction of sp³-hybridized carbons (Fsp3) is 0.130. The minimum absolute atomic E-state index is 0.00301. The van der Waals surface area contributed by atoms with E-state index >= 15 is 0 Å². The quantitative estimate of drug-likeness (QED) is 0.232. The zero-order valence-electron chi connectivity index (χ0n) is 17.3. The van der Waals surface area contributed by atoms with Gasteiger partial charge in [-0.2, -0.15) is 0 Å². The van der Waals surface area contributed by atoms with E-state index in [1.807, 2.05) is 0 Å². The summed E-state index contributed by atoms with van der Waals surface area (Å²) < 4.78 is 11.4. The van der Waals surface area contributed by atoms with Crippen LogP contribution in [0.3, 0.4) is 0 Å². The Labute approximate surface area is 197 Å². The average molecular weight is 485 g/mol. The number of hydrogen-bond donors (Lipinski definition) is 0. The van der Waals surface area contributed by atoms with Crippen molar-refractivity contribution in [1.82, 2.24) is 4.90 Å². The number of nitrogens with zero attached hydrogens (tertiary/aromatic N) is 2. The first kappa shape index (κ1) is 22.6. The van der Waals surface area contributed by atoms with Gasteiger partial charge in [-0.25, -0.2) is 0 Å². The zero-order chi connectivity index (χ0) is 23.5. The molecular weight excluding hydrogens is 468 g/mol. The van der Waals surface area contributed by atoms with Crippen LogP contribution in [0.2, 0.25) is 5.02 Å². The number of imide groups is 1. The molecule has 2 aromatic carbocycles. The molecule has 1 aliphatic rings. The summed E-state index contributed by atoms with van der Waals surface area (Å²) in [5.74, 6) is 1.07. The number of ether oxygens (including phenoxy) is 1. The van der Waals surface area contributed by atoms with Crippen molar-refractivity contribution in [1.29, 1.82) is 0 Å². The number of furan rings is 1. The molecule has 0 bridgehead atoms. The normalized spacial score (nSPS) is 14.8. The predicted octanol–water partition coefficient (Wildman–Crippen LogP) is 5.93. The second kappa shape index (κ2) is 9.51. The van der Waals surface area contributed by atoms with Crippen LogP contribution in [0.5, 0.6) is 5.75 Å². The van der Waals surface area contributed by atoms with Crippen molar-refractivity contribution < 1.29 is 23.7 Å². The van der Waals surface area contributed by atoms with Crippen molar-refractivity contribution in [2.45, 2.75) is 6.92 Å². The van der Waals surface area contributed by atoms with Crippen molar-refractivity contribution in [3.8, 4) is 17.1 Å². The lowest BCUT2D eigenvalue weighted by Gasteiger charge is -2.13. The maximum Gasteiger partial charge on any atom is 0.293 e. The highest BCUT2D eigenvalue weighted by Crippen LogP contribution is 2.34. The molecule has 0 N–H and O–H groups in total. The lowest BCUT2D eigenvalue weighted by atomic mass is 10.1. The summed E-state index contributed by atoms with van der Waals surface area (Å²) in [4.78, 5) is 36.8. The molecule has 8 nitrogen and oxygen atoms in total. The predicted molar refractivity (Wildman–Crippen MR) is 125 cm³/mol. The molecule has 3 aromatic rings. The highest BCUT2D eigenvalue weighted by atomic mass is 35.5. The molecule has 1 fully saturated rings. The van der Waals surface area contributed by atoms with Crippen LogP contribution in [0, 0.1) is 17.0 Å². The van der Waals surface area contributed by atoms with E-state index in [9.17, 15) is 19.7 Å². The number of rotatable bonds is 7. The molecule has 33 heavy (non-hydrogen) atoms. The van der Waals surface area contributed by atoms with Crippen LogP contribution in [-0.2, 0) is 4.79 Å². The van der Waals surface area contributed by atoms with Crippen molar-refractivity contribution in [2.75, 3.05) is 13.2 Å². The monoisotopic (exact) mass is 484 g/mol. The van der Waals surface area contributed by atoms with E-state index in [4.69, 9.17) is 20.8 Å². The Hall–Kier alpha value is -3.56. The molecule has 4 rings (SSSR count). The van der Waals surface area contributed by atoms with Crippen LogP contribution in [-0.4, -0.2) is 34.1 Å². The second-order valence-corrected chi connectivity index (χ2v) is 8.52. The Balaban J connectivity index is 1.43. The maximum atomic E-state index is 12.7. The molecule has 168 valence electrons. The highest BCUT2D eigenvalue weighted by Gasteiger charge is 2.35. The average Bonchev–Trinajstić information content (AvgIpc) is 3.34. The number of nitro benzene ring substituents is 1. The van der Waals surface area contributed by atoms with E-state index in [1.54, 1.807) is 49.4 Å². The number of halogens is 1. The highest BCUT2D eigenvalue weighted by molar-refractivity contribution is 8.18. The van der Waals surface area contributed by atoms with Gasteiger partial charge in [0.1, 0.15) is 23.9 Å². The van der Waals surface area contributed by atoms with Gasteiger partial charge < -0.3 is 9.15 Å². The number of carbonyl (C=O) groups excluding carboxylic acids is 2. The minimum atomic E-state index is -0.457. The molecule has 2 heterocycles. The molecule has 0 atom stereocenters. The van der Waals surface area contributed by atoms with Crippen molar-refractivity contribution in [2.24, 2.45) is 0 Å². The fourth-order valence-corrected chi connectivity index (χ4v) is 4.19. The van der Waals surface area contributed by atoms with Gasteiger partial charge in [0.2, 0.25) is 0 Å². The Morgan fingerprint density at radius 1 is 1.15 bits per heavy atom. The second-order valence-electron chi connectivity index (χ2n) is 7.09. The Kier molecular flexibility index (Phi) is 6.52. The first-order valence-corrected chi connectivity index (χ1v) is 11.0. The number of amides is 2. The topological polar surface area (TPSA) is 103 Å². The van der Waals surface area contributed by atoms with Gasteiger partial charge >= 0.3 is 0 Å². The first-order valence-electron chi connectivity index (χ1n) is 9.81. The number of hydrogen-bond acceptors (Lipinski definition) is 7. The summed E-state index contributed by atoms with van der Waals surface area (Å²) in [6, 6.07) is 14.7. The van der Waals surface area contributed by atoms with Gasteiger partial charge in [-0.15, -0.1) is 0 Å². The summed E-state index contributed by atoms with van der Waals surface area (Å²) in [5.41, 5.74) is 1.38. The maximum absolute atomic E-state index is 12.7. The number of nitro groups is 1. The van der Waals surface area contributed by atoms with Gasteiger partial charge in [0.05, 0.1) is 16.4 Å².